The van der Waals surface area contributed by atoms with Crippen LogP contribution < -0.4 is 0 Å². The lowest BCUT2D eigenvalue weighted by Crippen LogP contribution is -2.30. The molecule has 0 N–H and O–H groups in total. The molecule has 6 heteroatoms. The molecule has 396 valence electrons. The van der Waals surface area contributed by atoms with Crippen molar-refractivity contribution in [1.82, 2.24) is 0 Å². The lowest BCUT2D eigenvalue weighted by molar-refractivity contribution is -0.167. The minimum atomic E-state index is -0.788. The number of carbonyl (C=O) groups is 3. The van der Waals surface area contributed by atoms with Crippen molar-refractivity contribution in [3.05, 3.63) is 48.6 Å². The van der Waals surface area contributed by atoms with Crippen molar-refractivity contribution in [2.24, 2.45) is 0 Å². The molecule has 0 bridgehead atoms. The Kier molecular flexibility index (Phi) is 54.8. The summed E-state index contributed by atoms with van der Waals surface area (Å²) >= 11 is 0. The van der Waals surface area contributed by atoms with E-state index in [2.05, 4.69) is 69.4 Å². The van der Waals surface area contributed by atoms with Gasteiger partial charge in [-0.2, -0.15) is 0 Å². The number of rotatable bonds is 54. The number of hydrogen-bond donors (Lipinski definition) is 0. The largest absolute Gasteiger partial charge is 0.462 e. The third-order valence-electron chi connectivity index (χ3n) is 13.1. The molecule has 0 fully saturated rings. The number of hydrogen-bond acceptors (Lipinski definition) is 6. The van der Waals surface area contributed by atoms with Crippen LogP contribution in [0.3, 0.4) is 0 Å². The predicted molar refractivity (Wildman–Crippen MR) is 293 cm³/mol. The Hall–Kier alpha value is -2.63. The number of ether oxygens (including phenoxy) is 3. The SMILES string of the molecule is CCCCCCC\C=C/C=C\C=C/CCCCCCCC(=O)OC(COC(=O)CCCCC/C=C\CCCCCCCC)COC(=O)CCCCCCCCCCCCCCCCCCCCC. The van der Waals surface area contributed by atoms with E-state index in [4.69, 9.17) is 14.2 Å². The van der Waals surface area contributed by atoms with Crippen LogP contribution in [0.2, 0.25) is 0 Å². The van der Waals surface area contributed by atoms with Gasteiger partial charge in [-0.25, -0.2) is 0 Å². The highest BCUT2D eigenvalue weighted by atomic mass is 16.6. The summed E-state index contributed by atoms with van der Waals surface area (Å²) in [5, 5.41) is 0. The molecule has 0 heterocycles. The van der Waals surface area contributed by atoms with Gasteiger partial charge in [-0.1, -0.05) is 268 Å². The Bertz CT molecular complexity index is 1190. The summed E-state index contributed by atoms with van der Waals surface area (Å²) in [5.74, 6) is -0.904. The zero-order chi connectivity index (χ0) is 49.3. The molecule has 0 aliphatic heterocycles. The highest BCUT2D eigenvalue weighted by molar-refractivity contribution is 5.71. The molecule has 0 spiro atoms. The van der Waals surface area contributed by atoms with Crippen molar-refractivity contribution in [2.75, 3.05) is 13.2 Å². The van der Waals surface area contributed by atoms with Gasteiger partial charge in [0, 0.05) is 19.3 Å². The van der Waals surface area contributed by atoms with E-state index in [0.29, 0.717) is 19.3 Å². The normalized spacial score (nSPS) is 12.3. The topological polar surface area (TPSA) is 78.9 Å². The second kappa shape index (κ2) is 57.0. The first-order valence-corrected chi connectivity index (χ1v) is 29.7. The summed E-state index contributed by atoms with van der Waals surface area (Å²) in [7, 11) is 0. The van der Waals surface area contributed by atoms with Crippen LogP contribution in [-0.2, 0) is 28.6 Å². The van der Waals surface area contributed by atoms with Crippen molar-refractivity contribution in [3.8, 4) is 0 Å². The summed E-state index contributed by atoms with van der Waals surface area (Å²) in [6, 6.07) is 0. The van der Waals surface area contributed by atoms with Gasteiger partial charge in [0.2, 0.25) is 0 Å². The maximum atomic E-state index is 12.9. The van der Waals surface area contributed by atoms with Crippen LogP contribution in [0.15, 0.2) is 48.6 Å². The minimum Gasteiger partial charge on any atom is -0.462 e. The molecular formula is C62H112O6. The van der Waals surface area contributed by atoms with E-state index < -0.39 is 6.10 Å². The van der Waals surface area contributed by atoms with Gasteiger partial charge in [-0.05, 0) is 70.6 Å². The molecule has 0 aromatic heterocycles. The van der Waals surface area contributed by atoms with Crippen molar-refractivity contribution < 1.29 is 28.6 Å². The van der Waals surface area contributed by atoms with Crippen molar-refractivity contribution in [2.45, 2.75) is 316 Å². The van der Waals surface area contributed by atoms with Crippen LogP contribution in [0.5, 0.6) is 0 Å². The fraction of sp³-hybridized carbons (Fsp3) is 0.823. The fourth-order valence-corrected chi connectivity index (χ4v) is 8.62. The number of unbranched alkanes of at least 4 members (excludes halogenated alkanes) is 37. The Balaban J connectivity index is 4.38. The molecule has 0 aliphatic carbocycles. The number of allylic oxidation sites excluding steroid dienone is 8. The first-order chi connectivity index (χ1) is 33.5. The van der Waals surface area contributed by atoms with E-state index in [0.717, 1.165) is 89.9 Å². The molecule has 6 nitrogen and oxygen atoms in total. The van der Waals surface area contributed by atoms with E-state index in [9.17, 15) is 14.4 Å². The predicted octanol–water partition coefficient (Wildman–Crippen LogP) is 19.8. The zero-order valence-electron chi connectivity index (χ0n) is 45.4. The van der Waals surface area contributed by atoms with Crippen molar-refractivity contribution in [1.29, 1.82) is 0 Å². The molecule has 0 aromatic rings. The molecule has 1 atom stereocenters. The number of esters is 3. The summed E-state index contributed by atoms with van der Waals surface area (Å²) in [4.78, 5) is 38.2. The van der Waals surface area contributed by atoms with Crippen LogP contribution in [0.25, 0.3) is 0 Å². The highest BCUT2D eigenvalue weighted by Crippen LogP contribution is 2.16. The summed E-state index contributed by atoms with van der Waals surface area (Å²) in [6.45, 7) is 6.63. The van der Waals surface area contributed by atoms with E-state index in [1.165, 1.54) is 180 Å². The first-order valence-electron chi connectivity index (χ1n) is 29.7. The smallest absolute Gasteiger partial charge is 0.306 e. The molecule has 0 aromatic carbocycles. The van der Waals surface area contributed by atoms with Gasteiger partial charge in [-0.15, -0.1) is 0 Å². The third-order valence-corrected chi connectivity index (χ3v) is 13.1. The third kappa shape index (κ3) is 54.3. The fourth-order valence-electron chi connectivity index (χ4n) is 8.62. The molecule has 0 amide bonds. The summed E-state index contributed by atoms with van der Waals surface area (Å²) in [5.41, 5.74) is 0. The standard InChI is InChI=1S/C62H112O6/c1-4-7-10-13-16-19-22-25-27-29-31-33-34-37-40-43-46-49-52-55-61(64)67-58-59(57-66-60(63)54-51-48-45-42-39-36-24-21-18-15-12-9-6-3)68-62(65)56-53-50-47-44-41-38-35-32-30-28-26-23-20-17-14-11-8-5-2/h23,26,28,30,32,35-36,39,59H,4-22,24-25,27,29,31,33-34,37-38,40-58H2,1-3H3/b26-23-,30-28-,35-32-,39-36-. The van der Waals surface area contributed by atoms with Gasteiger partial charge < -0.3 is 14.2 Å². The quantitative estimate of drug-likeness (QED) is 0.0199. The van der Waals surface area contributed by atoms with Crippen LogP contribution in [-0.4, -0.2) is 37.2 Å². The van der Waals surface area contributed by atoms with Gasteiger partial charge >= 0.3 is 17.9 Å². The van der Waals surface area contributed by atoms with Crippen LogP contribution >= 0.6 is 0 Å². The van der Waals surface area contributed by atoms with Crippen LogP contribution in [0.4, 0.5) is 0 Å². The maximum Gasteiger partial charge on any atom is 0.306 e. The highest BCUT2D eigenvalue weighted by Gasteiger charge is 2.19. The number of carbonyl (C=O) groups excluding carboxylic acids is 3. The van der Waals surface area contributed by atoms with E-state index >= 15 is 0 Å². The lowest BCUT2D eigenvalue weighted by atomic mass is 10.0. The van der Waals surface area contributed by atoms with Gasteiger partial charge in [-0.3, -0.25) is 14.4 Å². The summed E-state index contributed by atoms with van der Waals surface area (Å²) in [6.07, 6.45) is 69.6. The Morgan fingerprint density at radius 3 is 0.868 bits per heavy atom. The summed E-state index contributed by atoms with van der Waals surface area (Å²) < 4.78 is 16.9. The van der Waals surface area contributed by atoms with Gasteiger partial charge in [0.05, 0.1) is 0 Å². The molecule has 0 radical (unpaired) electrons. The molecule has 68 heavy (non-hydrogen) atoms. The molecule has 1 unspecified atom stereocenters. The monoisotopic (exact) mass is 953 g/mol. The molecule has 0 saturated carbocycles. The Labute approximate surface area is 422 Å². The molecule has 0 saturated heterocycles. The van der Waals surface area contributed by atoms with Gasteiger partial charge in [0.15, 0.2) is 6.10 Å². The average molecular weight is 954 g/mol. The second-order valence-electron chi connectivity index (χ2n) is 20.0. The second-order valence-corrected chi connectivity index (χ2v) is 20.0. The van der Waals surface area contributed by atoms with E-state index in [1.54, 1.807) is 0 Å². The van der Waals surface area contributed by atoms with E-state index in [1.807, 2.05) is 0 Å². The van der Waals surface area contributed by atoms with Gasteiger partial charge in [0.1, 0.15) is 13.2 Å². The van der Waals surface area contributed by atoms with Crippen molar-refractivity contribution >= 4 is 17.9 Å². The average Bonchev–Trinajstić information content (AvgIpc) is 3.34. The lowest BCUT2D eigenvalue weighted by Gasteiger charge is -2.18. The molecule has 0 aliphatic rings. The minimum absolute atomic E-state index is 0.0832. The maximum absolute atomic E-state index is 12.9. The van der Waals surface area contributed by atoms with Crippen molar-refractivity contribution in [3.63, 3.8) is 0 Å². The van der Waals surface area contributed by atoms with E-state index in [-0.39, 0.29) is 31.1 Å². The van der Waals surface area contributed by atoms with Crippen LogP contribution in [0, 0.1) is 0 Å². The first kappa shape index (κ1) is 65.4. The van der Waals surface area contributed by atoms with Crippen LogP contribution in [0.1, 0.15) is 310 Å². The molecule has 0 rings (SSSR count). The Morgan fingerprint density at radius 2 is 0.544 bits per heavy atom. The Morgan fingerprint density at radius 1 is 0.294 bits per heavy atom. The van der Waals surface area contributed by atoms with Gasteiger partial charge in [0.25, 0.3) is 0 Å². The molecular weight excluding hydrogens is 841 g/mol. The zero-order valence-corrected chi connectivity index (χ0v) is 45.4.